The van der Waals surface area contributed by atoms with Gasteiger partial charge in [0.25, 0.3) is 0 Å². The van der Waals surface area contributed by atoms with Crippen molar-refractivity contribution in [3.8, 4) is 22.6 Å². The summed E-state index contributed by atoms with van der Waals surface area (Å²) in [5, 5.41) is 0. The molecule has 3 aromatic carbocycles. The number of rotatable bonds is 1. The van der Waals surface area contributed by atoms with E-state index in [2.05, 4.69) is 37.3 Å². The number of hydrogen-bond acceptors (Lipinski definition) is 2. The second kappa shape index (κ2) is 5.07. The number of aromatic nitrogens is 1. The summed E-state index contributed by atoms with van der Waals surface area (Å²) >= 11 is 0. The Morgan fingerprint density at radius 3 is 2.54 bits per heavy atom. The van der Waals surface area contributed by atoms with Crippen LogP contribution in [0.5, 0.6) is 0 Å². The first-order chi connectivity index (χ1) is 11.8. The molecule has 1 heterocycles. The molecule has 0 fully saturated rings. The lowest BCUT2D eigenvalue weighted by Crippen LogP contribution is -2.04. The van der Waals surface area contributed by atoms with Crippen molar-refractivity contribution in [2.75, 3.05) is 0 Å². The molecule has 0 bridgehead atoms. The molecule has 2 nitrogen and oxygen atoms in total. The molecule has 2 heteroatoms. The van der Waals surface area contributed by atoms with Crippen LogP contribution in [0.15, 0.2) is 65.1 Å². The van der Waals surface area contributed by atoms with Crippen LogP contribution in [-0.2, 0) is 12.8 Å². The van der Waals surface area contributed by atoms with Crippen LogP contribution in [0.1, 0.15) is 16.7 Å². The summed E-state index contributed by atoms with van der Waals surface area (Å²) in [4.78, 5) is 4.72. The van der Waals surface area contributed by atoms with Crippen molar-refractivity contribution in [1.82, 2.24) is 4.98 Å². The van der Waals surface area contributed by atoms with Gasteiger partial charge in [-0.05, 0) is 54.7 Å². The second-order valence-corrected chi connectivity index (χ2v) is 6.49. The molecule has 1 aliphatic carbocycles. The fraction of sp³-hybridized carbons (Fsp3) is 0.136. The fourth-order valence-corrected chi connectivity index (χ4v) is 3.65. The van der Waals surface area contributed by atoms with Crippen molar-refractivity contribution in [2.45, 2.75) is 19.8 Å². The highest BCUT2D eigenvalue weighted by Crippen LogP contribution is 2.40. The third-order valence-electron chi connectivity index (χ3n) is 4.86. The molecule has 1 aromatic heterocycles. The van der Waals surface area contributed by atoms with E-state index in [9.17, 15) is 0 Å². The minimum Gasteiger partial charge on any atom is -0.435 e. The van der Waals surface area contributed by atoms with E-state index in [0.29, 0.717) is 5.89 Å². The van der Waals surface area contributed by atoms with E-state index in [0.717, 1.165) is 29.5 Å². The molecule has 0 unspecified atom stereocenters. The van der Waals surface area contributed by atoms with Gasteiger partial charge in [-0.15, -0.1) is 0 Å². The summed E-state index contributed by atoms with van der Waals surface area (Å²) in [6.45, 7) is 2.14. The highest BCUT2D eigenvalue weighted by Gasteiger charge is 2.22. The summed E-state index contributed by atoms with van der Waals surface area (Å²) in [5.74, 6) is 0.693. The zero-order valence-corrected chi connectivity index (χ0v) is 13.5. The lowest BCUT2D eigenvalue weighted by Gasteiger charge is -2.20. The van der Waals surface area contributed by atoms with Crippen LogP contribution in [0.3, 0.4) is 0 Å². The van der Waals surface area contributed by atoms with Gasteiger partial charge >= 0.3 is 0 Å². The molecule has 0 saturated carbocycles. The molecule has 0 saturated heterocycles. The number of benzene rings is 3. The summed E-state index contributed by atoms with van der Waals surface area (Å²) in [6.07, 6.45) is 2.15. The minimum atomic E-state index is 0.693. The smallest absolute Gasteiger partial charge is 0.227 e. The Hall–Kier alpha value is -2.87. The van der Waals surface area contributed by atoms with Crippen molar-refractivity contribution in [3.05, 3.63) is 77.4 Å². The van der Waals surface area contributed by atoms with E-state index in [-0.39, 0.29) is 0 Å². The Kier molecular flexibility index (Phi) is 2.86. The van der Waals surface area contributed by atoms with Gasteiger partial charge < -0.3 is 4.42 Å². The Bertz CT molecular complexity index is 1060. The molecule has 0 atom stereocenters. The zero-order valence-electron chi connectivity index (χ0n) is 13.5. The molecule has 116 valence electrons. The van der Waals surface area contributed by atoms with E-state index in [1.807, 2.05) is 30.3 Å². The Morgan fingerprint density at radius 2 is 1.67 bits per heavy atom. The highest BCUT2D eigenvalue weighted by molar-refractivity contribution is 5.95. The van der Waals surface area contributed by atoms with Crippen molar-refractivity contribution < 1.29 is 4.42 Å². The summed E-state index contributed by atoms with van der Waals surface area (Å²) in [7, 11) is 0. The number of hydrogen-bond donors (Lipinski definition) is 0. The molecule has 0 radical (unpaired) electrons. The zero-order chi connectivity index (χ0) is 16.1. The van der Waals surface area contributed by atoms with Crippen molar-refractivity contribution in [3.63, 3.8) is 0 Å². The van der Waals surface area contributed by atoms with Crippen molar-refractivity contribution in [2.24, 2.45) is 0 Å². The van der Waals surface area contributed by atoms with E-state index < -0.39 is 0 Å². The highest BCUT2D eigenvalue weighted by atomic mass is 16.3. The van der Waals surface area contributed by atoms with Crippen LogP contribution in [-0.4, -0.2) is 4.98 Å². The maximum atomic E-state index is 6.24. The van der Waals surface area contributed by atoms with Crippen molar-refractivity contribution >= 4 is 11.1 Å². The van der Waals surface area contributed by atoms with Gasteiger partial charge in [-0.1, -0.05) is 48.0 Å². The maximum Gasteiger partial charge on any atom is 0.227 e. The van der Waals surface area contributed by atoms with Gasteiger partial charge in [0.05, 0.1) is 0 Å². The van der Waals surface area contributed by atoms with Gasteiger partial charge in [-0.2, -0.15) is 0 Å². The quantitative estimate of drug-likeness (QED) is 0.459. The van der Waals surface area contributed by atoms with Crippen LogP contribution in [0, 0.1) is 6.92 Å². The first-order valence-electron chi connectivity index (χ1n) is 8.37. The van der Waals surface area contributed by atoms with Gasteiger partial charge in [-0.25, -0.2) is 4.98 Å². The predicted molar refractivity (Wildman–Crippen MR) is 97.0 cm³/mol. The molecule has 0 amide bonds. The maximum absolute atomic E-state index is 6.24. The molecule has 1 aliphatic rings. The van der Waals surface area contributed by atoms with E-state index in [4.69, 9.17) is 9.40 Å². The van der Waals surface area contributed by atoms with Crippen LogP contribution in [0.2, 0.25) is 0 Å². The lowest BCUT2D eigenvalue weighted by atomic mass is 9.84. The molecule has 24 heavy (non-hydrogen) atoms. The number of oxazole rings is 1. The molecular formula is C22H17NO. The SMILES string of the molecule is Cc1ccc2c(c1)-c1c(ccc3nc(-c4ccccc4)oc13)CC2. The van der Waals surface area contributed by atoms with Gasteiger partial charge in [0.2, 0.25) is 5.89 Å². The average molecular weight is 311 g/mol. The molecular weight excluding hydrogens is 294 g/mol. The van der Waals surface area contributed by atoms with Crippen LogP contribution in [0.4, 0.5) is 0 Å². The monoisotopic (exact) mass is 311 g/mol. The average Bonchev–Trinajstić information content (AvgIpc) is 3.06. The lowest BCUT2D eigenvalue weighted by molar-refractivity contribution is 0.620. The second-order valence-electron chi connectivity index (χ2n) is 6.49. The molecule has 0 N–H and O–H groups in total. The molecule has 5 rings (SSSR count). The summed E-state index contributed by atoms with van der Waals surface area (Å²) in [6, 6.07) is 21.1. The molecule has 0 aliphatic heterocycles. The Balaban J connectivity index is 1.80. The standard InChI is InChI=1S/C22H17NO/c1-14-7-8-15-9-10-16-11-12-19-21(20(16)18(15)13-14)24-22(23-19)17-5-3-2-4-6-17/h2-8,11-13H,9-10H2,1H3. The number of nitrogens with zero attached hydrogens (tertiary/aromatic N) is 1. The van der Waals surface area contributed by atoms with Crippen LogP contribution < -0.4 is 0 Å². The number of fused-ring (bicyclic) bond motifs is 5. The van der Waals surface area contributed by atoms with E-state index in [1.54, 1.807) is 0 Å². The number of aryl methyl sites for hydroxylation is 3. The Morgan fingerprint density at radius 1 is 0.875 bits per heavy atom. The molecule has 0 spiro atoms. The summed E-state index contributed by atoms with van der Waals surface area (Å²) < 4.78 is 6.24. The predicted octanol–water partition coefficient (Wildman–Crippen LogP) is 5.57. The normalized spacial score (nSPS) is 12.9. The van der Waals surface area contributed by atoms with Gasteiger partial charge in [0.15, 0.2) is 5.58 Å². The van der Waals surface area contributed by atoms with Gasteiger partial charge in [-0.3, -0.25) is 0 Å². The topological polar surface area (TPSA) is 26.0 Å². The van der Waals surface area contributed by atoms with Crippen LogP contribution in [0.25, 0.3) is 33.7 Å². The fourth-order valence-electron chi connectivity index (χ4n) is 3.65. The van der Waals surface area contributed by atoms with Gasteiger partial charge in [0.1, 0.15) is 5.52 Å². The first-order valence-corrected chi connectivity index (χ1v) is 8.37. The van der Waals surface area contributed by atoms with E-state index >= 15 is 0 Å². The first kappa shape index (κ1) is 13.6. The third-order valence-corrected chi connectivity index (χ3v) is 4.86. The largest absolute Gasteiger partial charge is 0.435 e. The van der Waals surface area contributed by atoms with E-state index in [1.165, 1.54) is 27.8 Å². The van der Waals surface area contributed by atoms with Crippen LogP contribution >= 0.6 is 0 Å². The minimum absolute atomic E-state index is 0.693. The van der Waals surface area contributed by atoms with Crippen molar-refractivity contribution in [1.29, 1.82) is 0 Å². The summed E-state index contributed by atoms with van der Waals surface area (Å²) in [5.41, 5.74) is 9.43. The Labute approximate surface area is 140 Å². The molecule has 4 aromatic rings. The third kappa shape index (κ3) is 2.00. The van der Waals surface area contributed by atoms with Gasteiger partial charge in [0, 0.05) is 11.1 Å².